The predicted octanol–water partition coefficient (Wildman–Crippen LogP) is 4.49. The zero-order chi connectivity index (χ0) is 21.2. The van der Waals surface area contributed by atoms with Gasteiger partial charge in [0.25, 0.3) is 0 Å². The highest BCUT2D eigenvalue weighted by Gasteiger charge is 2.12. The first kappa shape index (κ1) is 22.6. The number of tetrazole rings is 1. The fourth-order valence-electron chi connectivity index (χ4n) is 2.78. The van der Waals surface area contributed by atoms with E-state index in [0.29, 0.717) is 13.2 Å². The highest BCUT2D eigenvalue weighted by Crippen LogP contribution is 2.37. The van der Waals surface area contributed by atoms with Crippen LogP contribution in [0.25, 0.3) is 5.69 Å². The summed E-state index contributed by atoms with van der Waals surface area (Å²) in [5.74, 6) is 2.39. The van der Waals surface area contributed by atoms with Crippen LogP contribution in [0, 0.1) is 0 Å². The Hall–Kier alpha value is -2.10. The maximum absolute atomic E-state index is 5.84. The van der Waals surface area contributed by atoms with Gasteiger partial charge in [0.2, 0.25) is 5.16 Å². The molecule has 0 unspecified atom stereocenters. The van der Waals surface area contributed by atoms with Crippen LogP contribution in [0.15, 0.2) is 52.1 Å². The average molecular weight is 492 g/mol. The Morgan fingerprint density at radius 3 is 2.73 bits per heavy atom. The van der Waals surface area contributed by atoms with Gasteiger partial charge in [-0.05, 0) is 69.5 Å². The van der Waals surface area contributed by atoms with Crippen LogP contribution < -0.4 is 14.8 Å². The Balaban J connectivity index is 1.52. The van der Waals surface area contributed by atoms with E-state index in [2.05, 4.69) is 49.8 Å². The third-order valence-corrected chi connectivity index (χ3v) is 5.61. The molecule has 3 aromatic rings. The van der Waals surface area contributed by atoms with E-state index < -0.39 is 0 Å². The standard InChI is InChI=1S/C21H26BrN5O2S/c1-3-11-29-20-18(22)13-16(14-19(20)28-4-2)15-23-10-12-30-21-24-25-26-27(21)17-8-6-5-7-9-17/h5-9,13-14,23H,3-4,10-12,15H2,1-2H3. The van der Waals surface area contributed by atoms with Crippen molar-refractivity contribution in [1.29, 1.82) is 0 Å². The van der Waals surface area contributed by atoms with Gasteiger partial charge in [-0.25, -0.2) is 0 Å². The lowest BCUT2D eigenvalue weighted by atomic mass is 10.2. The van der Waals surface area contributed by atoms with E-state index in [1.807, 2.05) is 43.3 Å². The number of ether oxygens (including phenoxy) is 2. The molecule has 160 valence electrons. The minimum Gasteiger partial charge on any atom is -0.490 e. The Morgan fingerprint density at radius 1 is 1.13 bits per heavy atom. The van der Waals surface area contributed by atoms with E-state index in [1.165, 1.54) is 0 Å². The first-order valence-corrected chi connectivity index (χ1v) is 11.8. The molecule has 30 heavy (non-hydrogen) atoms. The van der Waals surface area contributed by atoms with Crippen molar-refractivity contribution in [2.45, 2.75) is 32.0 Å². The second-order valence-electron chi connectivity index (χ2n) is 6.42. The summed E-state index contributed by atoms with van der Waals surface area (Å²) >= 11 is 5.24. The summed E-state index contributed by atoms with van der Waals surface area (Å²) < 4.78 is 14.3. The van der Waals surface area contributed by atoms with Gasteiger partial charge < -0.3 is 14.8 Å². The molecule has 1 N–H and O–H groups in total. The van der Waals surface area contributed by atoms with Crippen molar-refractivity contribution in [2.24, 2.45) is 0 Å². The summed E-state index contributed by atoms with van der Waals surface area (Å²) in [6.45, 7) is 6.87. The third kappa shape index (κ3) is 6.20. The number of nitrogens with zero attached hydrogens (tertiary/aromatic N) is 4. The summed E-state index contributed by atoms with van der Waals surface area (Å²) in [6, 6.07) is 14.0. The van der Waals surface area contributed by atoms with Crippen molar-refractivity contribution in [3.63, 3.8) is 0 Å². The van der Waals surface area contributed by atoms with Gasteiger partial charge in [0, 0.05) is 18.8 Å². The SMILES string of the molecule is CCCOc1c(Br)cc(CNCCSc2nnnn2-c2ccccc2)cc1OCC. The summed E-state index contributed by atoms with van der Waals surface area (Å²) in [4.78, 5) is 0. The van der Waals surface area contributed by atoms with E-state index in [9.17, 15) is 0 Å². The fourth-order valence-corrected chi connectivity index (χ4v) is 4.17. The molecule has 0 bridgehead atoms. The molecule has 9 heteroatoms. The Labute approximate surface area is 189 Å². The topological polar surface area (TPSA) is 74.1 Å². The number of nitrogens with one attached hydrogen (secondary N) is 1. The lowest BCUT2D eigenvalue weighted by Gasteiger charge is -2.15. The zero-order valence-electron chi connectivity index (χ0n) is 17.2. The number of hydrogen-bond donors (Lipinski definition) is 1. The van der Waals surface area contributed by atoms with Crippen molar-refractivity contribution in [2.75, 3.05) is 25.5 Å². The summed E-state index contributed by atoms with van der Waals surface area (Å²) in [5.41, 5.74) is 2.09. The summed E-state index contributed by atoms with van der Waals surface area (Å²) in [7, 11) is 0. The van der Waals surface area contributed by atoms with E-state index in [-0.39, 0.29) is 0 Å². The Morgan fingerprint density at radius 2 is 1.97 bits per heavy atom. The van der Waals surface area contributed by atoms with E-state index >= 15 is 0 Å². The molecule has 0 aliphatic heterocycles. The van der Waals surface area contributed by atoms with Crippen LogP contribution in [0.2, 0.25) is 0 Å². The quantitative estimate of drug-likeness (QED) is 0.295. The van der Waals surface area contributed by atoms with E-state index in [4.69, 9.17) is 9.47 Å². The van der Waals surface area contributed by atoms with Gasteiger partial charge in [0.1, 0.15) is 0 Å². The van der Waals surface area contributed by atoms with Crippen molar-refractivity contribution in [1.82, 2.24) is 25.5 Å². The molecule has 0 atom stereocenters. The normalized spacial score (nSPS) is 10.9. The summed E-state index contributed by atoms with van der Waals surface area (Å²) in [6.07, 6.45) is 0.951. The molecular formula is C21H26BrN5O2S. The molecule has 0 aliphatic carbocycles. The molecule has 0 amide bonds. The molecule has 1 heterocycles. The molecule has 0 saturated heterocycles. The molecule has 0 radical (unpaired) electrons. The van der Waals surface area contributed by atoms with Crippen LogP contribution in [-0.4, -0.2) is 45.7 Å². The van der Waals surface area contributed by atoms with E-state index in [1.54, 1.807) is 16.4 Å². The van der Waals surface area contributed by atoms with Crippen molar-refractivity contribution >= 4 is 27.7 Å². The molecule has 7 nitrogen and oxygen atoms in total. The van der Waals surface area contributed by atoms with Crippen LogP contribution in [0.5, 0.6) is 11.5 Å². The van der Waals surface area contributed by atoms with Crippen LogP contribution >= 0.6 is 27.7 Å². The Kier molecular flexibility index (Phi) is 8.98. The van der Waals surface area contributed by atoms with Gasteiger partial charge in [-0.2, -0.15) is 4.68 Å². The van der Waals surface area contributed by atoms with Gasteiger partial charge >= 0.3 is 0 Å². The number of benzene rings is 2. The average Bonchev–Trinajstić information content (AvgIpc) is 3.22. The highest BCUT2D eigenvalue weighted by atomic mass is 79.9. The predicted molar refractivity (Wildman–Crippen MR) is 123 cm³/mol. The van der Waals surface area contributed by atoms with Gasteiger partial charge in [0.05, 0.1) is 23.4 Å². The minimum atomic E-state index is 0.596. The number of aromatic nitrogens is 4. The number of halogens is 1. The molecule has 0 saturated carbocycles. The van der Waals surface area contributed by atoms with Gasteiger partial charge in [-0.15, -0.1) is 5.10 Å². The van der Waals surface area contributed by atoms with Crippen LogP contribution in [0.3, 0.4) is 0 Å². The molecule has 0 aliphatic rings. The minimum absolute atomic E-state index is 0.596. The zero-order valence-corrected chi connectivity index (χ0v) is 19.6. The number of hydrogen-bond acceptors (Lipinski definition) is 7. The fraction of sp³-hybridized carbons (Fsp3) is 0.381. The summed E-state index contributed by atoms with van der Waals surface area (Å²) in [5, 5.41) is 16.3. The largest absolute Gasteiger partial charge is 0.490 e. The lowest BCUT2D eigenvalue weighted by molar-refractivity contribution is 0.275. The smallest absolute Gasteiger partial charge is 0.214 e. The van der Waals surface area contributed by atoms with Crippen LogP contribution in [0.4, 0.5) is 0 Å². The molecule has 1 aromatic heterocycles. The van der Waals surface area contributed by atoms with Gasteiger partial charge in [-0.3, -0.25) is 0 Å². The number of thioether (sulfide) groups is 1. The lowest BCUT2D eigenvalue weighted by Crippen LogP contribution is -2.17. The number of para-hydroxylation sites is 1. The van der Waals surface area contributed by atoms with Crippen molar-refractivity contribution < 1.29 is 9.47 Å². The molecular weight excluding hydrogens is 466 g/mol. The van der Waals surface area contributed by atoms with Crippen molar-refractivity contribution in [3.05, 3.63) is 52.5 Å². The molecule has 0 fully saturated rings. The third-order valence-electron chi connectivity index (χ3n) is 4.10. The van der Waals surface area contributed by atoms with Gasteiger partial charge in [-0.1, -0.05) is 36.9 Å². The molecule has 0 spiro atoms. The molecule has 2 aromatic carbocycles. The first-order valence-electron chi connectivity index (χ1n) is 9.98. The van der Waals surface area contributed by atoms with Crippen molar-refractivity contribution in [3.8, 4) is 17.2 Å². The highest BCUT2D eigenvalue weighted by molar-refractivity contribution is 9.10. The van der Waals surface area contributed by atoms with Crippen LogP contribution in [0.1, 0.15) is 25.8 Å². The maximum Gasteiger partial charge on any atom is 0.214 e. The Bertz CT molecular complexity index is 923. The molecule has 3 rings (SSSR count). The van der Waals surface area contributed by atoms with Gasteiger partial charge in [0.15, 0.2) is 11.5 Å². The monoisotopic (exact) mass is 491 g/mol. The van der Waals surface area contributed by atoms with Crippen LogP contribution in [-0.2, 0) is 6.54 Å². The second-order valence-corrected chi connectivity index (χ2v) is 8.34. The number of rotatable bonds is 12. The second kappa shape index (κ2) is 11.9. The van der Waals surface area contributed by atoms with E-state index in [0.717, 1.165) is 57.6 Å². The first-order chi connectivity index (χ1) is 14.7. The maximum atomic E-state index is 5.84.